The lowest BCUT2D eigenvalue weighted by Crippen LogP contribution is -2.02. The van der Waals surface area contributed by atoms with Crippen LogP contribution in [-0.4, -0.2) is 22.1 Å². The van der Waals surface area contributed by atoms with Gasteiger partial charge in [0.15, 0.2) is 0 Å². The lowest BCUT2D eigenvalue weighted by molar-refractivity contribution is 0.379. The zero-order chi connectivity index (χ0) is 13.1. The van der Waals surface area contributed by atoms with E-state index in [-0.39, 0.29) is 11.3 Å². The molecule has 1 aromatic heterocycles. The van der Waals surface area contributed by atoms with E-state index < -0.39 is 0 Å². The summed E-state index contributed by atoms with van der Waals surface area (Å²) in [4.78, 5) is 11.9. The maximum Gasteiger partial charge on any atom is 0.322 e. The fourth-order valence-corrected chi connectivity index (χ4v) is 1.81. The van der Waals surface area contributed by atoms with Gasteiger partial charge in [-0.05, 0) is 48.7 Å². The highest BCUT2D eigenvalue weighted by atomic mass is 35.5. The van der Waals surface area contributed by atoms with E-state index in [0.717, 1.165) is 16.8 Å². The molecule has 0 amide bonds. The van der Waals surface area contributed by atoms with Gasteiger partial charge < -0.3 is 10.1 Å². The smallest absolute Gasteiger partial charge is 0.322 e. The number of aryl methyl sites for hydroxylation is 2. The number of hydrogen-bond donors (Lipinski definition) is 1. The Bertz CT molecular complexity index is 554. The standard InChI is InChI=1S/C12H13ClN4O/c1-7-4-8(2)6-9(5-7)14-11-15-10(13)16-12(17-11)18-3/h4-6H,1-3H3,(H,14,15,16,17). The van der Waals surface area contributed by atoms with Crippen LogP contribution >= 0.6 is 11.6 Å². The largest absolute Gasteiger partial charge is 0.467 e. The van der Waals surface area contributed by atoms with Crippen LogP contribution in [-0.2, 0) is 0 Å². The normalized spacial score (nSPS) is 10.2. The van der Waals surface area contributed by atoms with Gasteiger partial charge >= 0.3 is 6.01 Å². The molecule has 5 nitrogen and oxygen atoms in total. The molecule has 0 aliphatic carbocycles. The molecule has 2 aromatic rings. The number of anilines is 2. The summed E-state index contributed by atoms with van der Waals surface area (Å²) >= 11 is 5.78. The van der Waals surface area contributed by atoms with Crippen LogP contribution in [0.3, 0.4) is 0 Å². The Balaban J connectivity index is 2.30. The first-order valence-electron chi connectivity index (χ1n) is 5.38. The fourth-order valence-electron chi connectivity index (χ4n) is 1.66. The molecule has 6 heteroatoms. The number of nitrogens with zero attached hydrogens (tertiary/aromatic N) is 3. The third-order valence-corrected chi connectivity index (χ3v) is 2.42. The predicted molar refractivity (Wildman–Crippen MR) is 70.6 cm³/mol. The summed E-state index contributed by atoms with van der Waals surface area (Å²) in [6, 6.07) is 6.27. The quantitative estimate of drug-likeness (QED) is 0.924. The molecule has 1 N–H and O–H groups in total. The molecule has 2 rings (SSSR count). The number of ether oxygens (including phenoxy) is 1. The summed E-state index contributed by atoms with van der Waals surface area (Å²) in [6.45, 7) is 4.05. The summed E-state index contributed by atoms with van der Waals surface area (Å²) in [6.07, 6.45) is 0. The van der Waals surface area contributed by atoms with Crippen LogP contribution in [0.4, 0.5) is 11.6 Å². The summed E-state index contributed by atoms with van der Waals surface area (Å²) < 4.78 is 4.93. The van der Waals surface area contributed by atoms with Crippen molar-refractivity contribution in [2.45, 2.75) is 13.8 Å². The molecular weight excluding hydrogens is 252 g/mol. The number of methoxy groups -OCH3 is 1. The average molecular weight is 265 g/mol. The van der Waals surface area contributed by atoms with Crippen LogP contribution in [0.15, 0.2) is 18.2 Å². The van der Waals surface area contributed by atoms with E-state index >= 15 is 0 Å². The Morgan fingerprint density at radius 2 is 1.72 bits per heavy atom. The van der Waals surface area contributed by atoms with Crippen LogP contribution in [0.1, 0.15) is 11.1 Å². The fraction of sp³-hybridized carbons (Fsp3) is 0.250. The molecule has 0 fully saturated rings. The van der Waals surface area contributed by atoms with Crippen molar-refractivity contribution in [3.05, 3.63) is 34.6 Å². The lowest BCUT2D eigenvalue weighted by Gasteiger charge is -2.08. The second-order valence-electron chi connectivity index (χ2n) is 3.92. The molecule has 0 radical (unpaired) electrons. The predicted octanol–water partition coefficient (Wildman–Crippen LogP) is 2.89. The van der Waals surface area contributed by atoms with Crippen LogP contribution in [0.2, 0.25) is 5.28 Å². The van der Waals surface area contributed by atoms with Crippen molar-refractivity contribution in [2.75, 3.05) is 12.4 Å². The summed E-state index contributed by atoms with van der Waals surface area (Å²) in [7, 11) is 1.48. The van der Waals surface area contributed by atoms with E-state index in [1.165, 1.54) is 7.11 Å². The molecule has 0 saturated heterocycles. The van der Waals surface area contributed by atoms with E-state index in [1.54, 1.807) is 0 Å². The van der Waals surface area contributed by atoms with Crippen molar-refractivity contribution >= 4 is 23.2 Å². The Morgan fingerprint density at radius 3 is 2.33 bits per heavy atom. The number of nitrogens with one attached hydrogen (secondary N) is 1. The highest BCUT2D eigenvalue weighted by molar-refractivity contribution is 6.28. The molecule has 94 valence electrons. The third kappa shape index (κ3) is 3.07. The van der Waals surface area contributed by atoms with E-state index in [9.17, 15) is 0 Å². The van der Waals surface area contributed by atoms with Gasteiger partial charge in [0.1, 0.15) is 0 Å². The molecule has 0 unspecified atom stereocenters. The SMILES string of the molecule is COc1nc(Cl)nc(Nc2cc(C)cc(C)c2)n1. The van der Waals surface area contributed by atoms with E-state index in [4.69, 9.17) is 16.3 Å². The van der Waals surface area contributed by atoms with Crippen molar-refractivity contribution in [1.29, 1.82) is 0 Å². The van der Waals surface area contributed by atoms with Gasteiger partial charge in [-0.15, -0.1) is 0 Å². The molecular formula is C12H13ClN4O. The lowest BCUT2D eigenvalue weighted by atomic mass is 10.1. The first-order valence-corrected chi connectivity index (χ1v) is 5.75. The number of halogens is 1. The molecule has 0 saturated carbocycles. The molecule has 0 aliphatic rings. The van der Waals surface area contributed by atoms with Gasteiger partial charge in [0, 0.05) is 5.69 Å². The molecule has 0 aliphatic heterocycles. The van der Waals surface area contributed by atoms with Crippen molar-refractivity contribution in [1.82, 2.24) is 15.0 Å². The topological polar surface area (TPSA) is 59.9 Å². The highest BCUT2D eigenvalue weighted by Gasteiger charge is 2.05. The first-order chi connectivity index (χ1) is 8.56. The highest BCUT2D eigenvalue weighted by Crippen LogP contribution is 2.19. The zero-order valence-electron chi connectivity index (χ0n) is 10.4. The minimum Gasteiger partial charge on any atom is -0.467 e. The van der Waals surface area contributed by atoms with E-state index in [0.29, 0.717) is 5.95 Å². The van der Waals surface area contributed by atoms with Crippen molar-refractivity contribution < 1.29 is 4.74 Å². The minimum absolute atomic E-state index is 0.0914. The summed E-state index contributed by atoms with van der Waals surface area (Å²) in [5, 5.41) is 3.17. The van der Waals surface area contributed by atoms with Gasteiger partial charge in [0.05, 0.1) is 7.11 Å². The molecule has 18 heavy (non-hydrogen) atoms. The number of aromatic nitrogens is 3. The first kappa shape index (κ1) is 12.6. The second kappa shape index (κ2) is 5.18. The van der Waals surface area contributed by atoms with Crippen LogP contribution in [0.25, 0.3) is 0 Å². The van der Waals surface area contributed by atoms with Gasteiger partial charge in [-0.2, -0.15) is 15.0 Å². The van der Waals surface area contributed by atoms with Crippen LogP contribution < -0.4 is 10.1 Å². The number of rotatable bonds is 3. The Hall–Kier alpha value is -1.88. The van der Waals surface area contributed by atoms with Crippen LogP contribution in [0.5, 0.6) is 6.01 Å². The van der Waals surface area contributed by atoms with Gasteiger partial charge in [0.25, 0.3) is 0 Å². The number of benzene rings is 1. The zero-order valence-corrected chi connectivity index (χ0v) is 11.1. The maximum atomic E-state index is 5.78. The van der Waals surface area contributed by atoms with Gasteiger partial charge in [-0.1, -0.05) is 6.07 Å². The summed E-state index contributed by atoms with van der Waals surface area (Å²) in [5.74, 6) is 0.358. The monoisotopic (exact) mass is 264 g/mol. The van der Waals surface area contributed by atoms with E-state index in [2.05, 4.69) is 26.3 Å². The van der Waals surface area contributed by atoms with Crippen molar-refractivity contribution in [3.8, 4) is 6.01 Å². The van der Waals surface area contributed by atoms with Crippen LogP contribution in [0, 0.1) is 13.8 Å². The maximum absolute atomic E-state index is 5.78. The van der Waals surface area contributed by atoms with Crippen molar-refractivity contribution in [3.63, 3.8) is 0 Å². The second-order valence-corrected chi connectivity index (χ2v) is 4.25. The average Bonchev–Trinajstić information content (AvgIpc) is 2.26. The number of hydrogen-bond acceptors (Lipinski definition) is 5. The third-order valence-electron chi connectivity index (χ3n) is 2.25. The van der Waals surface area contributed by atoms with Crippen molar-refractivity contribution in [2.24, 2.45) is 0 Å². The molecule has 1 aromatic carbocycles. The Kier molecular flexibility index (Phi) is 3.62. The molecule has 0 spiro atoms. The van der Waals surface area contributed by atoms with Gasteiger partial charge in [-0.25, -0.2) is 0 Å². The Morgan fingerprint density at radius 1 is 1.06 bits per heavy atom. The minimum atomic E-state index is 0.0914. The summed E-state index contributed by atoms with van der Waals surface area (Å²) in [5.41, 5.74) is 3.21. The van der Waals surface area contributed by atoms with Gasteiger partial charge in [0.2, 0.25) is 11.2 Å². The molecule has 0 bridgehead atoms. The van der Waals surface area contributed by atoms with Gasteiger partial charge in [-0.3, -0.25) is 0 Å². The Labute approximate surface area is 110 Å². The van der Waals surface area contributed by atoms with E-state index in [1.807, 2.05) is 26.0 Å². The molecule has 1 heterocycles. The molecule has 0 atom stereocenters.